The molecule has 0 bridgehead atoms. The van der Waals surface area contributed by atoms with Crippen LogP contribution >= 0.6 is 0 Å². The molecule has 0 unspecified atom stereocenters. The molecule has 0 amide bonds. The highest BCUT2D eigenvalue weighted by atomic mass is 16.1. The minimum atomic E-state index is -0.392. The average Bonchev–Trinajstić information content (AvgIpc) is 2.75. The van der Waals surface area contributed by atoms with Crippen LogP contribution < -0.4 is 4.90 Å². The number of nitrogens with zero attached hydrogens (tertiary/aromatic N) is 3. The normalized spacial score (nSPS) is 16.0. The van der Waals surface area contributed by atoms with Crippen molar-refractivity contribution >= 4 is 11.7 Å². The fourth-order valence-corrected chi connectivity index (χ4v) is 4.20. The number of carbonyl (C=O) groups excluding carboxylic acids is 1. The molecule has 0 aliphatic carbocycles. The van der Waals surface area contributed by atoms with E-state index in [1.807, 2.05) is 49.5 Å². The third-order valence-corrected chi connectivity index (χ3v) is 5.95. The Labute approximate surface area is 166 Å². The van der Waals surface area contributed by atoms with E-state index in [4.69, 9.17) is 4.98 Å². The van der Waals surface area contributed by atoms with E-state index >= 15 is 0 Å². The van der Waals surface area contributed by atoms with Crippen molar-refractivity contribution in [1.29, 1.82) is 0 Å². The van der Waals surface area contributed by atoms with Crippen molar-refractivity contribution in [3.05, 3.63) is 78.1 Å². The maximum absolute atomic E-state index is 12.6. The Hall–Kier alpha value is -3.01. The van der Waals surface area contributed by atoms with Crippen molar-refractivity contribution < 1.29 is 4.79 Å². The number of rotatable bonds is 4. The van der Waals surface area contributed by atoms with Gasteiger partial charge in [-0.25, -0.2) is 9.97 Å². The monoisotopic (exact) mass is 371 g/mol. The van der Waals surface area contributed by atoms with Gasteiger partial charge < -0.3 is 4.90 Å². The van der Waals surface area contributed by atoms with Crippen LogP contribution in [0.5, 0.6) is 0 Å². The van der Waals surface area contributed by atoms with Gasteiger partial charge in [0.2, 0.25) is 5.95 Å². The first kappa shape index (κ1) is 18.4. The Morgan fingerprint density at radius 3 is 2.14 bits per heavy atom. The molecule has 4 heteroatoms. The minimum Gasteiger partial charge on any atom is -0.341 e. The molecule has 0 spiro atoms. The van der Waals surface area contributed by atoms with Crippen LogP contribution in [-0.2, 0) is 10.2 Å². The van der Waals surface area contributed by atoms with Gasteiger partial charge in [0.05, 0.1) is 11.1 Å². The average molecular weight is 371 g/mol. The summed E-state index contributed by atoms with van der Waals surface area (Å²) in [7, 11) is 0. The molecule has 2 heterocycles. The van der Waals surface area contributed by atoms with Crippen molar-refractivity contribution in [1.82, 2.24) is 9.97 Å². The van der Waals surface area contributed by atoms with Gasteiger partial charge in [-0.05, 0) is 37.8 Å². The van der Waals surface area contributed by atoms with Gasteiger partial charge in [0.15, 0.2) is 0 Å². The van der Waals surface area contributed by atoms with Crippen LogP contribution in [-0.4, -0.2) is 28.8 Å². The molecule has 1 saturated heterocycles. The Kier molecular flexibility index (Phi) is 4.95. The number of Topliss-reactive ketones (excluding diaryl/α,β-unsaturated/α-hetero) is 1. The van der Waals surface area contributed by atoms with Crippen LogP contribution in [0.4, 0.5) is 5.95 Å². The largest absolute Gasteiger partial charge is 0.341 e. The summed E-state index contributed by atoms with van der Waals surface area (Å²) in [4.78, 5) is 24.2. The van der Waals surface area contributed by atoms with Crippen LogP contribution in [0.1, 0.15) is 31.0 Å². The van der Waals surface area contributed by atoms with Crippen molar-refractivity contribution in [3.8, 4) is 11.1 Å². The molecule has 1 aliphatic rings. The summed E-state index contributed by atoms with van der Waals surface area (Å²) >= 11 is 0. The predicted octanol–water partition coefficient (Wildman–Crippen LogP) is 4.58. The van der Waals surface area contributed by atoms with Gasteiger partial charge in [-0.3, -0.25) is 4.79 Å². The molecule has 142 valence electrons. The molecule has 1 aromatic heterocycles. The fraction of sp³-hybridized carbons (Fsp3) is 0.292. The molecule has 3 aromatic rings. The SMILES string of the molecule is CC(=O)C1(c2ccccc2)CCN(c2ncc(-c3ccccc3)c(C)n2)CC1. The number of hydrogen-bond donors (Lipinski definition) is 0. The number of aryl methyl sites for hydroxylation is 1. The van der Waals surface area contributed by atoms with Crippen LogP contribution in [0.15, 0.2) is 66.9 Å². The van der Waals surface area contributed by atoms with Crippen molar-refractivity contribution in [2.75, 3.05) is 18.0 Å². The maximum atomic E-state index is 12.6. The van der Waals surface area contributed by atoms with Crippen LogP contribution in [0.3, 0.4) is 0 Å². The second kappa shape index (κ2) is 7.55. The highest BCUT2D eigenvalue weighted by Gasteiger charge is 2.40. The van der Waals surface area contributed by atoms with E-state index in [0.717, 1.165) is 54.3 Å². The topological polar surface area (TPSA) is 46.1 Å². The molecule has 4 rings (SSSR count). The summed E-state index contributed by atoms with van der Waals surface area (Å²) in [6.07, 6.45) is 3.49. The molecule has 1 aliphatic heterocycles. The number of hydrogen-bond acceptors (Lipinski definition) is 4. The standard InChI is InChI=1S/C24H25N3O/c1-18-22(20-9-5-3-6-10-20)17-25-23(26-18)27-15-13-24(14-16-27,19(2)28)21-11-7-4-8-12-21/h3-12,17H,13-16H2,1-2H3. The second-order valence-electron chi connectivity index (χ2n) is 7.53. The molecular formula is C24H25N3O. The minimum absolute atomic E-state index is 0.245. The van der Waals surface area contributed by atoms with Gasteiger partial charge in [-0.1, -0.05) is 60.7 Å². The summed E-state index contributed by atoms with van der Waals surface area (Å²) in [6.45, 7) is 5.30. The van der Waals surface area contributed by atoms with E-state index in [1.165, 1.54) is 0 Å². The van der Waals surface area contributed by atoms with E-state index in [-0.39, 0.29) is 5.78 Å². The van der Waals surface area contributed by atoms with Gasteiger partial charge >= 0.3 is 0 Å². The Balaban J connectivity index is 1.55. The molecule has 0 atom stereocenters. The summed E-state index contributed by atoms with van der Waals surface area (Å²) in [5, 5.41) is 0. The van der Waals surface area contributed by atoms with Gasteiger partial charge in [0.25, 0.3) is 0 Å². The number of benzene rings is 2. The van der Waals surface area contributed by atoms with Crippen molar-refractivity contribution in [2.45, 2.75) is 32.1 Å². The molecule has 0 saturated carbocycles. The Bertz CT molecular complexity index is 962. The fourth-order valence-electron chi connectivity index (χ4n) is 4.20. The third kappa shape index (κ3) is 3.31. The Morgan fingerprint density at radius 2 is 1.57 bits per heavy atom. The Morgan fingerprint density at radius 1 is 0.964 bits per heavy atom. The number of carbonyl (C=O) groups is 1. The highest BCUT2D eigenvalue weighted by Crippen LogP contribution is 2.37. The van der Waals surface area contributed by atoms with Crippen LogP contribution in [0, 0.1) is 6.92 Å². The molecule has 1 fully saturated rings. The number of aromatic nitrogens is 2. The van der Waals surface area contributed by atoms with E-state index in [9.17, 15) is 4.79 Å². The van der Waals surface area contributed by atoms with E-state index < -0.39 is 5.41 Å². The van der Waals surface area contributed by atoms with E-state index in [1.54, 1.807) is 6.92 Å². The highest BCUT2D eigenvalue weighted by molar-refractivity contribution is 5.88. The number of piperidine rings is 1. The maximum Gasteiger partial charge on any atom is 0.225 e. The molecule has 4 nitrogen and oxygen atoms in total. The van der Waals surface area contributed by atoms with Crippen LogP contribution in [0.2, 0.25) is 0 Å². The number of ketones is 1. The lowest BCUT2D eigenvalue weighted by Crippen LogP contribution is -2.47. The zero-order valence-electron chi connectivity index (χ0n) is 16.4. The summed E-state index contributed by atoms with van der Waals surface area (Å²) in [5.74, 6) is 0.997. The first-order chi connectivity index (χ1) is 13.6. The zero-order valence-corrected chi connectivity index (χ0v) is 16.4. The molecular weight excluding hydrogens is 346 g/mol. The predicted molar refractivity (Wildman–Crippen MR) is 112 cm³/mol. The second-order valence-corrected chi connectivity index (χ2v) is 7.53. The van der Waals surface area contributed by atoms with Gasteiger partial charge in [0, 0.05) is 24.8 Å². The quantitative estimate of drug-likeness (QED) is 0.673. The van der Waals surface area contributed by atoms with Crippen molar-refractivity contribution in [2.24, 2.45) is 0 Å². The number of anilines is 1. The first-order valence-corrected chi connectivity index (χ1v) is 9.81. The lowest BCUT2D eigenvalue weighted by molar-refractivity contribution is -0.123. The van der Waals surface area contributed by atoms with E-state index in [0.29, 0.717) is 0 Å². The molecule has 0 N–H and O–H groups in total. The van der Waals surface area contributed by atoms with Gasteiger partial charge in [0.1, 0.15) is 5.78 Å². The van der Waals surface area contributed by atoms with Gasteiger partial charge in [-0.2, -0.15) is 0 Å². The van der Waals surface area contributed by atoms with E-state index in [2.05, 4.69) is 34.1 Å². The summed E-state index contributed by atoms with van der Waals surface area (Å²) < 4.78 is 0. The molecule has 0 radical (unpaired) electrons. The third-order valence-electron chi connectivity index (χ3n) is 5.95. The van der Waals surface area contributed by atoms with Crippen LogP contribution in [0.25, 0.3) is 11.1 Å². The summed E-state index contributed by atoms with van der Waals surface area (Å²) in [6, 6.07) is 20.4. The molecule has 28 heavy (non-hydrogen) atoms. The summed E-state index contributed by atoms with van der Waals surface area (Å²) in [5.41, 5.74) is 3.89. The lowest BCUT2D eigenvalue weighted by Gasteiger charge is -2.40. The van der Waals surface area contributed by atoms with Gasteiger partial charge in [-0.15, -0.1) is 0 Å². The first-order valence-electron chi connectivity index (χ1n) is 9.81. The smallest absolute Gasteiger partial charge is 0.225 e. The lowest BCUT2D eigenvalue weighted by atomic mass is 9.70. The van der Waals surface area contributed by atoms with Crippen molar-refractivity contribution in [3.63, 3.8) is 0 Å². The molecule has 2 aromatic carbocycles. The zero-order chi connectivity index (χ0) is 19.6.